The Morgan fingerprint density at radius 1 is 1.00 bits per heavy atom. The van der Waals surface area contributed by atoms with Crippen molar-refractivity contribution in [2.24, 2.45) is 0 Å². The Labute approximate surface area is 178 Å². The van der Waals surface area contributed by atoms with Gasteiger partial charge in [0.1, 0.15) is 5.69 Å². The van der Waals surface area contributed by atoms with Crippen molar-refractivity contribution in [1.29, 1.82) is 0 Å². The van der Waals surface area contributed by atoms with Crippen molar-refractivity contribution >= 4 is 11.8 Å². The average Bonchev–Trinajstić information content (AvgIpc) is 3.46. The molecule has 3 aromatic heterocycles. The molecule has 4 aromatic rings. The summed E-state index contributed by atoms with van der Waals surface area (Å²) in [4.78, 5) is 29.5. The molecule has 0 saturated heterocycles. The number of nitrogens with zero attached hydrogens (tertiary/aromatic N) is 4. The normalized spacial score (nSPS) is 10.8. The fourth-order valence-electron chi connectivity index (χ4n) is 3.19. The van der Waals surface area contributed by atoms with Gasteiger partial charge in [0, 0.05) is 11.8 Å². The lowest BCUT2D eigenvalue weighted by atomic mass is 10.1. The van der Waals surface area contributed by atoms with Gasteiger partial charge in [-0.25, -0.2) is 9.67 Å². The first-order valence-electron chi connectivity index (χ1n) is 9.75. The number of hydrazine groups is 1. The van der Waals surface area contributed by atoms with E-state index in [9.17, 15) is 9.59 Å². The van der Waals surface area contributed by atoms with Gasteiger partial charge < -0.3 is 0 Å². The first-order chi connectivity index (χ1) is 15.0. The van der Waals surface area contributed by atoms with Crippen molar-refractivity contribution in [1.82, 2.24) is 35.8 Å². The molecule has 2 amide bonds. The summed E-state index contributed by atoms with van der Waals surface area (Å²) in [5.74, 6) is -0.365. The maximum Gasteiger partial charge on any atom is 0.287 e. The van der Waals surface area contributed by atoms with E-state index in [2.05, 4.69) is 31.1 Å². The molecular weight excluding hydrogens is 394 g/mol. The molecule has 0 aliphatic heterocycles. The molecule has 1 aromatic carbocycles. The summed E-state index contributed by atoms with van der Waals surface area (Å²) in [6.07, 6.45) is 3.13. The van der Waals surface area contributed by atoms with E-state index < -0.39 is 11.8 Å². The molecular formula is C22H21N7O2. The third-order valence-electron chi connectivity index (χ3n) is 4.65. The number of aromatic amines is 1. The monoisotopic (exact) mass is 415 g/mol. The van der Waals surface area contributed by atoms with Crippen LogP contribution in [0.15, 0.2) is 67.0 Å². The van der Waals surface area contributed by atoms with E-state index in [1.807, 2.05) is 62.4 Å². The predicted octanol–water partition coefficient (Wildman–Crippen LogP) is 2.86. The van der Waals surface area contributed by atoms with Crippen LogP contribution in [-0.2, 0) is 0 Å². The Kier molecular flexibility index (Phi) is 5.57. The zero-order valence-electron chi connectivity index (χ0n) is 17.0. The Morgan fingerprint density at radius 2 is 1.74 bits per heavy atom. The van der Waals surface area contributed by atoms with Crippen LogP contribution >= 0.6 is 0 Å². The highest BCUT2D eigenvalue weighted by molar-refractivity contribution is 5.99. The number of H-pyrrole nitrogens is 1. The number of hydrogen-bond acceptors (Lipinski definition) is 5. The topological polar surface area (TPSA) is 118 Å². The van der Waals surface area contributed by atoms with E-state index in [0.29, 0.717) is 22.8 Å². The summed E-state index contributed by atoms with van der Waals surface area (Å²) >= 11 is 0. The van der Waals surface area contributed by atoms with Crippen LogP contribution in [0.1, 0.15) is 46.3 Å². The molecule has 0 unspecified atom stereocenters. The molecule has 0 aliphatic carbocycles. The number of aromatic nitrogens is 5. The third kappa shape index (κ3) is 4.20. The predicted molar refractivity (Wildman–Crippen MR) is 114 cm³/mol. The van der Waals surface area contributed by atoms with Gasteiger partial charge in [0.25, 0.3) is 11.8 Å². The standard InChI is InChI=1S/C22H21N7O2/c1-14(2)20-16(13-24-29(20)19-10-6-7-11-23-19)21(30)27-28-22(31)18-12-17(25-26-18)15-8-4-3-5-9-15/h3-14H,1-2H3,(H,25,26)(H,27,30)(H,28,31). The molecule has 31 heavy (non-hydrogen) atoms. The van der Waals surface area contributed by atoms with Crippen molar-refractivity contribution in [3.63, 3.8) is 0 Å². The number of amides is 2. The van der Waals surface area contributed by atoms with Crippen LogP contribution in [-0.4, -0.2) is 36.8 Å². The summed E-state index contributed by atoms with van der Waals surface area (Å²) < 4.78 is 1.63. The minimum atomic E-state index is -0.508. The van der Waals surface area contributed by atoms with Gasteiger partial charge in [-0.2, -0.15) is 10.2 Å². The van der Waals surface area contributed by atoms with Gasteiger partial charge in [-0.1, -0.05) is 50.2 Å². The van der Waals surface area contributed by atoms with E-state index in [1.54, 1.807) is 16.9 Å². The Balaban J connectivity index is 1.47. The molecule has 4 rings (SSSR count). The second kappa shape index (κ2) is 8.62. The Hall–Kier alpha value is -4.27. The Morgan fingerprint density at radius 3 is 2.45 bits per heavy atom. The highest BCUT2D eigenvalue weighted by Gasteiger charge is 2.22. The van der Waals surface area contributed by atoms with Gasteiger partial charge in [0.2, 0.25) is 0 Å². The van der Waals surface area contributed by atoms with Crippen LogP contribution < -0.4 is 10.9 Å². The Bertz CT molecular complexity index is 1200. The zero-order valence-corrected chi connectivity index (χ0v) is 17.0. The molecule has 156 valence electrons. The lowest BCUT2D eigenvalue weighted by Gasteiger charge is -2.12. The van der Waals surface area contributed by atoms with Gasteiger partial charge in [-0.05, 0) is 24.1 Å². The van der Waals surface area contributed by atoms with E-state index in [0.717, 1.165) is 5.56 Å². The van der Waals surface area contributed by atoms with Gasteiger partial charge in [-0.15, -0.1) is 0 Å². The molecule has 0 aliphatic rings. The summed E-state index contributed by atoms with van der Waals surface area (Å²) in [5, 5.41) is 11.1. The number of carbonyl (C=O) groups is 2. The number of carbonyl (C=O) groups excluding carboxylic acids is 2. The minimum Gasteiger partial charge on any atom is -0.272 e. The molecule has 0 atom stereocenters. The van der Waals surface area contributed by atoms with E-state index >= 15 is 0 Å². The zero-order chi connectivity index (χ0) is 21.8. The first kappa shape index (κ1) is 20.0. The van der Waals surface area contributed by atoms with Crippen LogP contribution in [0.3, 0.4) is 0 Å². The van der Waals surface area contributed by atoms with Gasteiger partial charge in [0.05, 0.1) is 23.1 Å². The van der Waals surface area contributed by atoms with Gasteiger partial charge >= 0.3 is 0 Å². The number of nitrogens with one attached hydrogen (secondary N) is 3. The maximum absolute atomic E-state index is 12.8. The smallest absolute Gasteiger partial charge is 0.272 e. The highest BCUT2D eigenvalue weighted by atomic mass is 16.2. The highest BCUT2D eigenvalue weighted by Crippen LogP contribution is 2.22. The number of pyridine rings is 1. The molecule has 0 fully saturated rings. The van der Waals surface area contributed by atoms with Crippen LogP contribution in [0.2, 0.25) is 0 Å². The molecule has 9 heteroatoms. The van der Waals surface area contributed by atoms with Crippen LogP contribution in [0.4, 0.5) is 0 Å². The SMILES string of the molecule is CC(C)c1c(C(=O)NNC(=O)c2cc(-c3ccccc3)n[nH]2)cnn1-c1ccccn1. The lowest BCUT2D eigenvalue weighted by Crippen LogP contribution is -2.42. The van der Waals surface area contributed by atoms with Crippen LogP contribution in [0.5, 0.6) is 0 Å². The second-order valence-corrected chi connectivity index (χ2v) is 7.14. The first-order valence-corrected chi connectivity index (χ1v) is 9.75. The molecule has 0 bridgehead atoms. The van der Waals surface area contributed by atoms with E-state index in [4.69, 9.17) is 0 Å². The van der Waals surface area contributed by atoms with E-state index in [-0.39, 0.29) is 11.6 Å². The van der Waals surface area contributed by atoms with Gasteiger partial charge in [-0.3, -0.25) is 25.5 Å². The summed E-state index contributed by atoms with van der Waals surface area (Å²) in [5.41, 5.74) is 7.66. The summed E-state index contributed by atoms with van der Waals surface area (Å²) in [6.45, 7) is 3.92. The fraction of sp³-hybridized carbons (Fsp3) is 0.136. The fourth-order valence-corrected chi connectivity index (χ4v) is 3.19. The minimum absolute atomic E-state index is 0.00185. The lowest BCUT2D eigenvalue weighted by molar-refractivity contribution is 0.0843. The summed E-state index contributed by atoms with van der Waals surface area (Å²) in [6, 6.07) is 16.6. The van der Waals surface area contributed by atoms with Crippen molar-refractivity contribution in [3.8, 4) is 17.1 Å². The van der Waals surface area contributed by atoms with Crippen molar-refractivity contribution in [2.75, 3.05) is 0 Å². The van der Waals surface area contributed by atoms with E-state index in [1.165, 1.54) is 6.20 Å². The molecule has 0 spiro atoms. The van der Waals surface area contributed by atoms with Crippen LogP contribution in [0.25, 0.3) is 17.1 Å². The molecule has 0 saturated carbocycles. The van der Waals surface area contributed by atoms with Gasteiger partial charge in [0.15, 0.2) is 5.82 Å². The molecule has 3 N–H and O–H groups in total. The van der Waals surface area contributed by atoms with Crippen molar-refractivity contribution in [3.05, 3.63) is 83.9 Å². The summed E-state index contributed by atoms with van der Waals surface area (Å²) in [7, 11) is 0. The van der Waals surface area contributed by atoms with Crippen molar-refractivity contribution in [2.45, 2.75) is 19.8 Å². The van der Waals surface area contributed by atoms with Crippen molar-refractivity contribution < 1.29 is 9.59 Å². The molecule has 9 nitrogen and oxygen atoms in total. The number of hydrogen-bond donors (Lipinski definition) is 3. The maximum atomic E-state index is 12.8. The third-order valence-corrected chi connectivity index (χ3v) is 4.65. The quantitative estimate of drug-likeness (QED) is 0.433. The molecule has 3 heterocycles. The number of rotatable bonds is 5. The second-order valence-electron chi connectivity index (χ2n) is 7.14. The number of benzene rings is 1. The average molecular weight is 415 g/mol. The molecule has 0 radical (unpaired) electrons. The van der Waals surface area contributed by atoms with Crippen LogP contribution in [0, 0.1) is 0 Å². The largest absolute Gasteiger partial charge is 0.287 e.